The summed E-state index contributed by atoms with van der Waals surface area (Å²) in [6.45, 7) is 2.29. The number of nitrogens with zero attached hydrogens (tertiary/aromatic N) is 1. The minimum absolute atomic E-state index is 0. The van der Waals surface area contributed by atoms with Crippen molar-refractivity contribution in [1.82, 2.24) is 10.3 Å². The third-order valence-electron chi connectivity index (χ3n) is 3.08. The van der Waals surface area contributed by atoms with Crippen molar-refractivity contribution in [1.29, 1.82) is 0 Å². The summed E-state index contributed by atoms with van der Waals surface area (Å²) in [5, 5.41) is 11.0. The molecule has 8 heteroatoms. The number of thiazole rings is 1. The van der Waals surface area contributed by atoms with E-state index in [1.54, 1.807) is 0 Å². The number of carbonyl (C=O) groups is 2. The number of hydrogen-bond donors (Lipinski definition) is 3. The van der Waals surface area contributed by atoms with E-state index >= 15 is 0 Å². The number of benzene rings is 1. The first kappa shape index (κ1) is 20.1. The van der Waals surface area contributed by atoms with Crippen LogP contribution in [0.5, 0.6) is 0 Å². The first-order valence-electron chi connectivity index (χ1n) is 7.36. The molecule has 0 aliphatic carbocycles. The van der Waals surface area contributed by atoms with Gasteiger partial charge in [0.05, 0.1) is 5.69 Å². The number of amides is 2. The summed E-state index contributed by atoms with van der Waals surface area (Å²) in [5.41, 5.74) is 2.48. The maximum absolute atomic E-state index is 11.8. The van der Waals surface area contributed by atoms with Gasteiger partial charge in [0.15, 0.2) is 5.13 Å². The summed E-state index contributed by atoms with van der Waals surface area (Å²) in [7, 11) is 1.86. The summed E-state index contributed by atoms with van der Waals surface area (Å²) in [4.78, 5) is 27.2. The van der Waals surface area contributed by atoms with Crippen LogP contribution < -0.4 is 16.0 Å². The molecule has 0 saturated carbocycles. The smallest absolute Gasteiger partial charge is 0.226 e. The molecule has 2 aromatic rings. The second-order valence-electron chi connectivity index (χ2n) is 5.05. The molecule has 2 amide bonds. The zero-order chi connectivity index (χ0) is 16.7. The zero-order valence-electron chi connectivity index (χ0n) is 13.6. The number of carbonyl (C=O) groups excluding carboxylic acids is 2. The van der Waals surface area contributed by atoms with Gasteiger partial charge in [0.25, 0.3) is 0 Å². The lowest BCUT2D eigenvalue weighted by molar-refractivity contribution is -0.116. The number of anilines is 2. The van der Waals surface area contributed by atoms with Gasteiger partial charge in [0, 0.05) is 30.0 Å². The maximum Gasteiger partial charge on any atom is 0.226 e. The molecular formula is C16H21ClN4O2S. The third-order valence-corrected chi connectivity index (χ3v) is 3.84. The van der Waals surface area contributed by atoms with Crippen molar-refractivity contribution in [3.05, 3.63) is 29.6 Å². The van der Waals surface area contributed by atoms with E-state index in [0.29, 0.717) is 11.6 Å². The Morgan fingerprint density at radius 1 is 1.17 bits per heavy atom. The SMILES string of the molecule is CNCCCC(=O)Nc1nc(-c2ccc(NC(C)=O)cc2)cs1.Cl. The molecule has 1 heterocycles. The largest absolute Gasteiger partial charge is 0.326 e. The normalized spacial score (nSPS) is 9.92. The Labute approximate surface area is 151 Å². The third kappa shape index (κ3) is 6.27. The number of halogens is 1. The minimum Gasteiger partial charge on any atom is -0.326 e. The molecule has 0 fully saturated rings. The zero-order valence-corrected chi connectivity index (χ0v) is 15.2. The van der Waals surface area contributed by atoms with Gasteiger partial charge < -0.3 is 16.0 Å². The van der Waals surface area contributed by atoms with Gasteiger partial charge in [0.1, 0.15) is 0 Å². The van der Waals surface area contributed by atoms with Crippen LogP contribution in [0.1, 0.15) is 19.8 Å². The van der Waals surface area contributed by atoms with Crippen LogP contribution in [0.4, 0.5) is 10.8 Å². The van der Waals surface area contributed by atoms with E-state index in [1.165, 1.54) is 18.3 Å². The Balaban J connectivity index is 0.00000288. The summed E-state index contributed by atoms with van der Waals surface area (Å²) in [6.07, 6.45) is 1.27. The van der Waals surface area contributed by atoms with E-state index in [0.717, 1.165) is 29.9 Å². The average molecular weight is 369 g/mol. The molecular weight excluding hydrogens is 348 g/mol. The van der Waals surface area contributed by atoms with Crippen molar-refractivity contribution >= 4 is 46.4 Å². The summed E-state index contributed by atoms with van der Waals surface area (Å²) >= 11 is 1.40. The summed E-state index contributed by atoms with van der Waals surface area (Å²) in [6, 6.07) is 7.43. The van der Waals surface area contributed by atoms with Gasteiger partial charge in [-0.2, -0.15) is 0 Å². The van der Waals surface area contributed by atoms with Crippen LogP contribution >= 0.6 is 23.7 Å². The van der Waals surface area contributed by atoms with Crippen LogP contribution in [0.25, 0.3) is 11.3 Å². The molecule has 24 heavy (non-hydrogen) atoms. The van der Waals surface area contributed by atoms with E-state index < -0.39 is 0 Å². The van der Waals surface area contributed by atoms with Crippen molar-refractivity contribution in [3.8, 4) is 11.3 Å². The van der Waals surface area contributed by atoms with Crippen LogP contribution in [0.15, 0.2) is 29.6 Å². The van der Waals surface area contributed by atoms with E-state index in [4.69, 9.17) is 0 Å². The highest BCUT2D eigenvalue weighted by atomic mass is 35.5. The fourth-order valence-electron chi connectivity index (χ4n) is 2.00. The minimum atomic E-state index is -0.102. The van der Waals surface area contributed by atoms with E-state index in [-0.39, 0.29) is 24.2 Å². The monoisotopic (exact) mass is 368 g/mol. The van der Waals surface area contributed by atoms with Crippen LogP contribution in [0.3, 0.4) is 0 Å². The Hall–Kier alpha value is -1.96. The van der Waals surface area contributed by atoms with Crippen LogP contribution in [0, 0.1) is 0 Å². The molecule has 0 unspecified atom stereocenters. The molecule has 0 aliphatic rings. The second-order valence-corrected chi connectivity index (χ2v) is 5.91. The lowest BCUT2D eigenvalue weighted by atomic mass is 10.1. The highest BCUT2D eigenvalue weighted by molar-refractivity contribution is 7.14. The van der Waals surface area contributed by atoms with Crippen LogP contribution in [0.2, 0.25) is 0 Å². The first-order chi connectivity index (χ1) is 11.1. The lowest BCUT2D eigenvalue weighted by Crippen LogP contribution is -2.15. The average Bonchev–Trinajstić information content (AvgIpc) is 2.96. The fraction of sp³-hybridized carbons (Fsp3) is 0.312. The van der Waals surface area contributed by atoms with Crippen molar-refractivity contribution in [2.45, 2.75) is 19.8 Å². The molecule has 0 saturated heterocycles. The Morgan fingerprint density at radius 3 is 2.50 bits per heavy atom. The van der Waals surface area contributed by atoms with Gasteiger partial charge in [-0.25, -0.2) is 4.98 Å². The van der Waals surface area contributed by atoms with Crippen molar-refractivity contribution < 1.29 is 9.59 Å². The molecule has 0 atom stereocenters. The topological polar surface area (TPSA) is 83.1 Å². The lowest BCUT2D eigenvalue weighted by Gasteiger charge is -2.03. The quantitative estimate of drug-likeness (QED) is 0.655. The second kappa shape index (κ2) is 10.0. The van der Waals surface area contributed by atoms with Gasteiger partial charge in [0.2, 0.25) is 11.8 Å². The van der Waals surface area contributed by atoms with Crippen molar-refractivity contribution in [3.63, 3.8) is 0 Å². The number of aromatic nitrogens is 1. The maximum atomic E-state index is 11.8. The Morgan fingerprint density at radius 2 is 1.88 bits per heavy atom. The van der Waals surface area contributed by atoms with Crippen molar-refractivity contribution in [2.24, 2.45) is 0 Å². The molecule has 0 radical (unpaired) electrons. The molecule has 0 bridgehead atoms. The van der Waals surface area contributed by atoms with Crippen LogP contribution in [-0.2, 0) is 9.59 Å². The molecule has 0 spiro atoms. The summed E-state index contributed by atoms with van der Waals surface area (Å²) in [5.74, 6) is -0.128. The predicted molar refractivity (Wildman–Crippen MR) is 101 cm³/mol. The number of rotatable bonds is 7. The molecule has 2 rings (SSSR count). The highest BCUT2D eigenvalue weighted by Crippen LogP contribution is 2.26. The van der Waals surface area contributed by atoms with E-state index in [9.17, 15) is 9.59 Å². The van der Waals surface area contributed by atoms with Gasteiger partial charge in [-0.1, -0.05) is 12.1 Å². The molecule has 1 aromatic heterocycles. The van der Waals surface area contributed by atoms with E-state index in [1.807, 2.05) is 36.7 Å². The number of nitrogens with one attached hydrogen (secondary N) is 3. The highest BCUT2D eigenvalue weighted by Gasteiger charge is 2.08. The molecule has 0 aliphatic heterocycles. The Kier molecular flexibility index (Phi) is 8.39. The molecule has 1 aromatic carbocycles. The standard InChI is InChI=1S/C16H20N4O2S.ClH/c1-11(21)18-13-7-5-12(6-8-13)14-10-23-16(19-14)20-15(22)4-3-9-17-2;/h5-8,10,17H,3-4,9H2,1-2H3,(H,18,21)(H,19,20,22);1H. The number of hydrogen-bond acceptors (Lipinski definition) is 5. The van der Waals surface area contributed by atoms with Gasteiger partial charge >= 0.3 is 0 Å². The van der Waals surface area contributed by atoms with E-state index in [2.05, 4.69) is 20.9 Å². The van der Waals surface area contributed by atoms with Gasteiger partial charge in [-0.3, -0.25) is 9.59 Å². The molecule has 6 nitrogen and oxygen atoms in total. The van der Waals surface area contributed by atoms with Gasteiger partial charge in [-0.05, 0) is 32.1 Å². The molecule has 130 valence electrons. The summed E-state index contributed by atoms with van der Waals surface area (Å²) < 4.78 is 0. The fourth-order valence-corrected chi connectivity index (χ4v) is 2.73. The predicted octanol–water partition coefficient (Wildman–Crippen LogP) is 3.13. The first-order valence-corrected chi connectivity index (χ1v) is 8.24. The van der Waals surface area contributed by atoms with Crippen LogP contribution in [-0.4, -0.2) is 30.4 Å². The van der Waals surface area contributed by atoms with Crippen molar-refractivity contribution in [2.75, 3.05) is 24.2 Å². The van der Waals surface area contributed by atoms with Gasteiger partial charge in [-0.15, -0.1) is 23.7 Å². The molecule has 3 N–H and O–H groups in total. The Bertz CT molecular complexity index is 673.